The van der Waals surface area contributed by atoms with E-state index in [-0.39, 0.29) is 0 Å². The number of hydrogen-bond donors (Lipinski definition) is 1. The predicted octanol–water partition coefficient (Wildman–Crippen LogP) is 4.09. The number of benzene rings is 1. The SMILES string of the molecule is Cc1ccc2nc(-c3cc4c(s3)CCC4)[nH]c2c1. The summed E-state index contributed by atoms with van der Waals surface area (Å²) < 4.78 is 0. The van der Waals surface area contributed by atoms with Crippen LogP contribution >= 0.6 is 11.3 Å². The molecular formula is C15H14N2S. The maximum atomic E-state index is 4.69. The van der Waals surface area contributed by atoms with E-state index < -0.39 is 0 Å². The maximum Gasteiger partial charge on any atom is 0.148 e. The molecule has 0 unspecified atom stereocenters. The highest BCUT2D eigenvalue weighted by atomic mass is 32.1. The van der Waals surface area contributed by atoms with Gasteiger partial charge in [-0.05, 0) is 55.5 Å². The molecule has 3 aromatic rings. The normalized spacial score (nSPS) is 14.3. The van der Waals surface area contributed by atoms with Gasteiger partial charge >= 0.3 is 0 Å². The first-order chi connectivity index (χ1) is 8.79. The van der Waals surface area contributed by atoms with E-state index in [0.717, 1.165) is 16.9 Å². The molecule has 2 nitrogen and oxygen atoms in total. The van der Waals surface area contributed by atoms with Crippen LogP contribution in [0.25, 0.3) is 21.7 Å². The molecule has 90 valence electrons. The number of nitrogens with one attached hydrogen (secondary N) is 1. The summed E-state index contributed by atoms with van der Waals surface area (Å²) in [7, 11) is 0. The van der Waals surface area contributed by atoms with Crippen molar-refractivity contribution in [3.05, 3.63) is 40.3 Å². The third-order valence-corrected chi connectivity index (χ3v) is 4.86. The summed E-state index contributed by atoms with van der Waals surface area (Å²) in [4.78, 5) is 11.0. The topological polar surface area (TPSA) is 28.7 Å². The van der Waals surface area contributed by atoms with E-state index in [0.29, 0.717) is 0 Å². The van der Waals surface area contributed by atoms with Crippen molar-refractivity contribution in [2.24, 2.45) is 0 Å². The summed E-state index contributed by atoms with van der Waals surface area (Å²) in [5.41, 5.74) is 5.00. The highest BCUT2D eigenvalue weighted by Gasteiger charge is 2.17. The molecule has 0 saturated heterocycles. The van der Waals surface area contributed by atoms with Gasteiger partial charge < -0.3 is 4.98 Å². The summed E-state index contributed by atoms with van der Waals surface area (Å²) in [5, 5.41) is 0. The molecule has 0 spiro atoms. The van der Waals surface area contributed by atoms with Crippen molar-refractivity contribution in [2.75, 3.05) is 0 Å². The zero-order valence-corrected chi connectivity index (χ0v) is 11.1. The molecule has 1 aliphatic carbocycles. The van der Waals surface area contributed by atoms with Crippen LogP contribution in [-0.2, 0) is 12.8 Å². The van der Waals surface area contributed by atoms with Gasteiger partial charge in [-0.15, -0.1) is 11.3 Å². The average molecular weight is 254 g/mol. The first kappa shape index (κ1) is 10.3. The number of rotatable bonds is 1. The lowest BCUT2D eigenvalue weighted by Crippen LogP contribution is -1.75. The molecule has 1 aromatic carbocycles. The second-order valence-corrected chi connectivity index (χ2v) is 6.16. The van der Waals surface area contributed by atoms with Crippen molar-refractivity contribution in [1.82, 2.24) is 9.97 Å². The minimum absolute atomic E-state index is 1.02. The molecule has 0 bridgehead atoms. The Bertz CT molecular complexity index is 715. The number of nitrogens with zero attached hydrogens (tertiary/aromatic N) is 1. The Morgan fingerprint density at radius 2 is 2.17 bits per heavy atom. The van der Waals surface area contributed by atoms with Crippen LogP contribution in [0.1, 0.15) is 22.4 Å². The van der Waals surface area contributed by atoms with Gasteiger partial charge in [-0.25, -0.2) is 4.98 Å². The van der Waals surface area contributed by atoms with Gasteiger partial charge in [-0.2, -0.15) is 0 Å². The van der Waals surface area contributed by atoms with Crippen LogP contribution in [-0.4, -0.2) is 9.97 Å². The minimum Gasteiger partial charge on any atom is -0.337 e. The molecular weight excluding hydrogens is 240 g/mol. The van der Waals surface area contributed by atoms with E-state index in [1.807, 2.05) is 11.3 Å². The third kappa shape index (κ3) is 1.51. The Morgan fingerprint density at radius 3 is 3.06 bits per heavy atom. The lowest BCUT2D eigenvalue weighted by Gasteiger charge is -1.90. The van der Waals surface area contributed by atoms with Crippen molar-refractivity contribution in [1.29, 1.82) is 0 Å². The largest absolute Gasteiger partial charge is 0.337 e. The third-order valence-electron chi connectivity index (χ3n) is 3.62. The lowest BCUT2D eigenvalue weighted by molar-refractivity contribution is 0.915. The van der Waals surface area contributed by atoms with Gasteiger partial charge in [0.2, 0.25) is 0 Å². The summed E-state index contributed by atoms with van der Waals surface area (Å²) in [6, 6.07) is 8.68. The number of H-pyrrole nitrogens is 1. The van der Waals surface area contributed by atoms with Gasteiger partial charge in [0.05, 0.1) is 15.9 Å². The Morgan fingerprint density at radius 1 is 1.22 bits per heavy atom. The van der Waals surface area contributed by atoms with E-state index >= 15 is 0 Å². The minimum atomic E-state index is 1.02. The van der Waals surface area contributed by atoms with Crippen LogP contribution in [0.2, 0.25) is 0 Å². The number of imidazole rings is 1. The standard InChI is InChI=1S/C15H14N2S/c1-9-5-6-11-12(7-9)17-15(16-11)14-8-10-3-2-4-13(10)18-14/h5-8H,2-4H2,1H3,(H,16,17). The Labute approximate surface area is 110 Å². The Balaban J connectivity index is 1.85. The number of fused-ring (bicyclic) bond motifs is 2. The first-order valence-electron chi connectivity index (χ1n) is 6.38. The Kier molecular flexibility index (Phi) is 2.12. The van der Waals surface area contributed by atoms with Crippen LogP contribution < -0.4 is 0 Å². The fourth-order valence-electron chi connectivity index (χ4n) is 2.69. The van der Waals surface area contributed by atoms with E-state index in [1.165, 1.54) is 35.3 Å². The highest BCUT2D eigenvalue weighted by Crippen LogP contribution is 2.36. The fourth-order valence-corrected chi connectivity index (χ4v) is 3.88. The van der Waals surface area contributed by atoms with Crippen LogP contribution in [0.15, 0.2) is 24.3 Å². The van der Waals surface area contributed by atoms with Gasteiger partial charge in [-0.3, -0.25) is 0 Å². The molecule has 0 radical (unpaired) electrons. The molecule has 1 N–H and O–H groups in total. The average Bonchev–Trinajstić information content (AvgIpc) is 2.99. The molecule has 0 atom stereocenters. The van der Waals surface area contributed by atoms with Crippen LogP contribution in [0.5, 0.6) is 0 Å². The predicted molar refractivity (Wildman–Crippen MR) is 76.2 cm³/mol. The zero-order valence-electron chi connectivity index (χ0n) is 10.3. The van der Waals surface area contributed by atoms with Crippen LogP contribution in [0.3, 0.4) is 0 Å². The van der Waals surface area contributed by atoms with Crippen molar-refractivity contribution in [3.63, 3.8) is 0 Å². The summed E-state index contributed by atoms with van der Waals surface area (Å²) in [6.45, 7) is 2.11. The molecule has 0 saturated carbocycles. The van der Waals surface area contributed by atoms with E-state index in [2.05, 4.69) is 36.2 Å². The van der Waals surface area contributed by atoms with Crippen LogP contribution in [0.4, 0.5) is 0 Å². The number of hydrogen-bond acceptors (Lipinski definition) is 2. The van der Waals surface area contributed by atoms with E-state index in [4.69, 9.17) is 4.98 Å². The van der Waals surface area contributed by atoms with Gasteiger partial charge in [0.25, 0.3) is 0 Å². The smallest absolute Gasteiger partial charge is 0.148 e. The van der Waals surface area contributed by atoms with E-state index in [9.17, 15) is 0 Å². The van der Waals surface area contributed by atoms with E-state index in [1.54, 1.807) is 4.88 Å². The number of aryl methyl sites for hydroxylation is 3. The van der Waals surface area contributed by atoms with Crippen molar-refractivity contribution < 1.29 is 0 Å². The van der Waals surface area contributed by atoms with Crippen molar-refractivity contribution >= 4 is 22.4 Å². The number of aromatic nitrogens is 2. The van der Waals surface area contributed by atoms with Gasteiger partial charge in [-0.1, -0.05) is 6.07 Å². The summed E-state index contributed by atoms with van der Waals surface area (Å²) in [5.74, 6) is 1.02. The fraction of sp³-hybridized carbons (Fsp3) is 0.267. The van der Waals surface area contributed by atoms with Crippen LogP contribution in [0, 0.1) is 6.92 Å². The second-order valence-electron chi connectivity index (χ2n) is 5.02. The molecule has 18 heavy (non-hydrogen) atoms. The van der Waals surface area contributed by atoms with Crippen molar-refractivity contribution in [2.45, 2.75) is 26.2 Å². The molecule has 2 heterocycles. The molecule has 1 aliphatic rings. The van der Waals surface area contributed by atoms with Gasteiger partial charge in [0.1, 0.15) is 5.82 Å². The molecule has 2 aromatic heterocycles. The molecule has 0 aliphatic heterocycles. The second kappa shape index (κ2) is 3.69. The number of aromatic amines is 1. The van der Waals surface area contributed by atoms with Crippen molar-refractivity contribution in [3.8, 4) is 10.7 Å². The molecule has 4 rings (SSSR count). The molecule has 3 heteroatoms. The lowest BCUT2D eigenvalue weighted by atomic mass is 10.2. The monoisotopic (exact) mass is 254 g/mol. The van der Waals surface area contributed by atoms with Gasteiger partial charge in [0, 0.05) is 4.88 Å². The number of thiophene rings is 1. The quantitative estimate of drug-likeness (QED) is 0.696. The maximum absolute atomic E-state index is 4.69. The molecule has 0 amide bonds. The summed E-state index contributed by atoms with van der Waals surface area (Å²) in [6.07, 6.45) is 3.81. The Hall–Kier alpha value is -1.61. The summed E-state index contributed by atoms with van der Waals surface area (Å²) >= 11 is 1.90. The molecule has 0 fully saturated rings. The highest BCUT2D eigenvalue weighted by molar-refractivity contribution is 7.15. The van der Waals surface area contributed by atoms with Gasteiger partial charge in [0.15, 0.2) is 0 Å². The zero-order chi connectivity index (χ0) is 12.1. The first-order valence-corrected chi connectivity index (χ1v) is 7.19.